The third-order valence-corrected chi connectivity index (χ3v) is 3.24. The summed E-state index contributed by atoms with van der Waals surface area (Å²) >= 11 is 0. The van der Waals surface area contributed by atoms with E-state index in [4.69, 9.17) is 14.2 Å². The molecule has 0 N–H and O–H groups in total. The number of carbonyl (C=O) groups excluding carboxylic acids is 1. The van der Waals surface area contributed by atoms with Gasteiger partial charge in [0.05, 0.1) is 25.4 Å². The number of rotatable bonds is 5. The van der Waals surface area contributed by atoms with Gasteiger partial charge in [0.25, 0.3) is 0 Å². The fourth-order valence-corrected chi connectivity index (χ4v) is 2.32. The predicted octanol–water partition coefficient (Wildman–Crippen LogP) is 3.51. The summed E-state index contributed by atoms with van der Waals surface area (Å²) in [5.41, 5.74) is -0.405. The Morgan fingerprint density at radius 3 is 2.55 bits per heavy atom. The van der Waals surface area contributed by atoms with E-state index in [0.717, 1.165) is 5.57 Å². The molecular formula is C17H29NO4. The van der Waals surface area contributed by atoms with Crippen LogP contribution < -0.4 is 0 Å². The van der Waals surface area contributed by atoms with Crippen molar-refractivity contribution >= 4 is 6.09 Å². The second-order valence-corrected chi connectivity index (χ2v) is 7.14. The fraction of sp³-hybridized carbons (Fsp3) is 0.706. The lowest BCUT2D eigenvalue weighted by molar-refractivity contribution is -0.0683. The minimum absolute atomic E-state index is 0.276. The van der Waals surface area contributed by atoms with E-state index in [2.05, 4.69) is 13.2 Å². The van der Waals surface area contributed by atoms with E-state index >= 15 is 0 Å². The third-order valence-electron chi connectivity index (χ3n) is 3.24. The van der Waals surface area contributed by atoms with Crippen LogP contribution in [0.15, 0.2) is 24.8 Å². The summed E-state index contributed by atoms with van der Waals surface area (Å²) in [4.78, 5) is 14.2. The van der Waals surface area contributed by atoms with Gasteiger partial charge in [0.15, 0.2) is 0 Å². The summed E-state index contributed by atoms with van der Waals surface area (Å²) < 4.78 is 17.1. The first-order valence-electron chi connectivity index (χ1n) is 7.53. The van der Waals surface area contributed by atoms with Crippen LogP contribution in [0.25, 0.3) is 0 Å². The van der Waals surface area contributed by atoms with Gasteiger partial charge in [-0.3, -0.25) is 4.90 Å². The molecule has 0 spiro atoms. The molecule has 1 fully saturated rings. The van der Waals surface area contributed by atoms with Crippen molar-refractivity contribution in [1.82, 2.24) is 4.90 Å². The van der Waals surface area contributed by atoms with E-state index < -0.39 is 17.4 Å². The van der Waals surface area contributed by atoms with Gasteiger partial charge in [-0.2, -0.15) is 0 Å². The van der Waals surface area contributed by atoms with Gasteiger partial charge < -0.3 is 14.2 Å². The number of hydrogen-bond donors (Lipinski definition) is 0. The Balaban J connectivity index is 2.94. The number of hydrogen-bond acceptors (Lipinski definition) is 4. The minimum atomic E-state index is -0.749. The van der Waals surface area contributed by atoms with Crippen molar-refractivity contribution in [3.63, 3.8) is 0 Å². The van der Waals surface area contributed by atoms with Crippen LogP contribution in [0.3, 0.4) is 0 Å². The second kappa shape index (κ2) is 6.84. The Bertz CT molecular complexity index is 436. The number of amides is 1. The quantitative estimate of drug-likeness (QED) is 0.729. The van der Waals surface area contributed by atoms with Crippen LogP contribution >= 0.6 is 0 Å². The predicted molar refractivity (Wildman–Crippen MR) is 86.6 cm³/mol. The molecule has 1 amide bonds. The molecule has 0 saturated carbocycles. The van der Waals surface area contributed by atoms with Crippen molar-refractivity contribution in [1.29, 1.82) is 0 Å². The highest BCUT2D eigenvalue weighted by molar-refractivity contribution is 5.70. The molecule has 1 heterocycles. The Hall–Kier alpha value is -1.33. The molecule has 1 rings (SSSR count). The second-order valence-electron chi connectivity index (χ2n) is 7.14. The lowest BCUT2D eigenvalue weighted by Gasteiger charge is -2.36. The molecule has 0 aromatic heterocycles. The number of carbonyl (C=O) groups is 1. The van der Waals surface area contributed by atoms with Gasteiger partial charge in [0, 0.05) is 0 Å². The average molecular weight is 311 g/mol. The fourth-order valence-electron chi connectivity index (χ4n) is 2.32. The summed E-state index contributed by atoms with van der Waals surface area (Å²) in [6.07, 6.45) is 0.937. The molecule has 0 aliphatic carbocycles. The molecule has 5 heteroatoms. The summed E-state index contributed by atoms with van der Waals surface area (Å²) in [6, 6.07) is -0.276. The van der Waals surface area contributed by atoms with E-state index in [1.54, 1.807) is 11.0 Å². The maximum absolute atomic E-state index is 12.6. The monoisotopic (exact) mass is 311 g/mol. The summed E-state index contributed by atoms with van der Waals surface area (Å²) in [5.74, 6) is 0. The topological polar surface area (TPSA) is 48.0 Å². The molecule has 5 nitrogen and oxygen atoms in total. The van der Waals surface area contributed by atoms with Gasteiger partial charge in [-0.25, -0.2) is 4.79 Å². The zero-order chi connectivity index (χ0) is 17.1. The Kier molecular flexibility index (Phi) is 5.82. The molecule has 1 saturated heterocycles. The number of nitrogens with zero attached hydrogens (tertiary/aromatic N) is 1. The smallest absolute Gasteiger partial charge is 0.413 e. The molecule has 126 valence electrons. The first-order valence-corrected chi connectivity index (χ1v) is 7.53. The lowest BCUT2D eigenvalue weighted by atomic mass is 10.1. The highest BCUT2D eigenvalue weighted by atomic mass is 16.6. The van der Waals surface area contributed by atoms with Gasteiger partial charge in [-0.05, 0) is 41.5 Å². The first-order chi connectivity index (χ1) is 9.98. The highest BCUT2D eigenvalue weighted by Crippen LogP contribution is 2.32. The van der Waals surface area contributed by atoms with E-state index in [0.29, 0.717) is 13.2 Å². The van der Waals surface area contributed by atoms with E-state index in [-0.39, 0.29) is 12.1 Å². The summed E-state index contributed by atoms with van der Waals surface area (Å²) in [7, 11) is 0. The van der Waals surface area contributed by atoms with Crippen molar-refractivity contribution in [3.05, 3.63) is 24.8 Å². The van der Waals surface area contributed by atoms with Gasteiger partial charge in [-0.1, -0.05) is 18.2 Å². The Morgan fingerprint density at radius 2 is 2.09 bits per heavy atom. The molecule has 22 heavy (non-hydrogen) atoms. The summed E-state index contributed by atoms with van der Waals surface area (Å²) in [5, 5.41) is 0. The molecule has 1 aliphatic rings. The van der Waals surface area contributed by atoms with Gasteiger partial charge >= 0.3 is 6.09 Å². The normalized spacial score (nSPS) is 22.3. The van der Waals surface area contributed by atoms with Crippen molar-refractivity contribution < 1.29 is 19.0 Å². The first kappa shape index (κ1) is 18.7. The van der Waals surface area contributed by atoms with E-state index in [1.165, 1.54) is 0 Å². The maximum atomic E-state index is 12.6. The zero-order valence-corrected chi connectivity index (χ0v) is 14.6. The van der Waals surface area contributed by atoms with Crippen LogP contribution in [0.2, 0.25) is 0 Å². The lowest BCUT2D eigenvalue weighted by Crippen LogP contribution is -2.53. The van der Waals surface area contributed by atoms with E-state index in [9.17, 15) is 4.79 Å². The van der Waals surface area contributed by atoms with Crippen LogP contribution in [0.4, 0.5) is 4.79 Å². The largest absolute Gasteiger partial charge is 0.444 e. The number of ether oxygens (including phenoxy) is 3. The van der Waals surface area contributed by atoms with Gasteiger partial charge in [-0.15, -0.1) is 6.58 Å². The molecule has 0 aromatic carbocycles. The van der Waals surface area contributed by atoms with Crippen LogP contribution in [0.5, 0.6) is 0 Å². The average Bonchev–Trinajstić information content (AvgIpc) is 2.63. The van der Waals surface area contributed by atoms with Crippen LogP contribution in [-0.4, -0.2) is 47.7 Å². The molecule has 0 unspecified atom stereocenters. The van der Waals surface area contributed by atoms with Crippen molar-refractivity contribution in [2.75, 3.05) is 13.2 Å². The van der Waals surface area contributed by atoms with Crippen LogP contribution in [0.1, 0.15) is 41.5 Å². The van der Waals surface area contributed by atoms with Crippen molar-refractivity contribution in [2.24, 2.45) is 0 Å². The van der Waals surface area contributed by atoms with Gasteiger partial charge in [0.1, 0.15) is 11.3 Å². The SMILES string of the molecule is C=C[C@@H](OCC(=C)C)[C@H]1COC(C)(C)N1C(=O)OC(C)(C)C. The molecular weight excluding hydrogens is 282 g/mol. The van der Waals surface area contributed by atoms with E-state index in [1.807, 2.05) is 41.5 Å². The molecule has 0 bridgehead atoms. The standard InChI is InChI=1S/C17H29NO4/c1-9-14(20-10-12(2)3)13-11-21-17(7,8)18(13)15(19)22-16(4,5)6/h9,13-14H,1-2,10-11H2,3-8H3/t13-,14-/m1/s1. The zero-order valence-electron chi connectivity index (χ0n) is 14.6. The van der Waals surface area contributed by atoms with Crippen molar-refractivity contribution in [3.8, 4) is 0 Å². The third kappa shape index (κ3) is 4.85. The summed E-state index contributed by atoms with van der Waals surface area (Å²) in [6.45, 7) is 19.5. The van der Waals surface area contributed by atoms with Crippen LogP contribution in [-0.2, 0) is 14.2 Å². The Labute approximate surface area is 133 Å². The van der Waals surface area contributed by atoms with Crippen LogP contribution in [0, 0.1) is 0 Å². The van der Waals surface area contributed by atoms with Crippen molar-refractivity contribution in [2.45, 2.75) is 65.0 Å². The van der Waals surface area contributed by atoms with Gasteiger partial charge in [0.2, 0.25) is 0 Å². The Morgan fingerprint density at radius 1 is 1.50 bits per heavy atom. The maximum Gasteiger partial charge on any atom is 0.413 e. The molecule has 0 radical (unpaired) electrons. The minimum Gasteiger partial charge on any atom is -0.444 e. The molecule has 0 aromatic rings. The molecule has 2 atom stereocenters. The molecule has 1 aliphatic heterocycles. The highest BCUT2D eigenvalue weighted by Gasteiger charge is 2.48.